The van der Waals surface area contributed by atoms with Crippen molar-refractivity contribution >= 4 is 12.2 Å². The summed E-state index contributed by atoms with van der Waals surface area (Å²) >= 11 is 0. The molecule has 1 heterocycles. The second kappa shape index (κ2) is 16.7. The van der Waals surface area contributed by atoms with Gasteiger partial charge in [-0.3, -0.25) is 0 Å². The van der Waals surface area contributed by atoms with E-state index in [-0.39, 0.29) is 13.2 Å². The number of ether oxygens (including phenoxy) is 2. The van der Waals surface area contributed by atoms with E-state index in [1.165, 1.54) is 63.4 Å². The van der Waals surface area contributed by atoms with Crippen molar-refractivity contribution in [2.45, 2.75) is 111 Å². The molecule has 1 aliphatic rings. The van der Waals surface area contributed by atoms with Gasteiger partial charge in [-0.25, -0.2) is 9.98 Å². The topological polar surface area (TPSA) is 75.4 Å². The van der Waals surface area contributed by atoms with Crippen LogP contribution in [0.1, 0.15) is 105 Å². The molecule has 2 aromatic rings. The van der Waals surface area contributed by atoms with Crippen molar-refractivity contribution in [3.05, 3.63) is 69.8 Å². The third-order valence-electron chi connectivity index (χ3n) is 7.50. The lowest BCUT2D eigenvalue weighted by molar-refractivity contribution is -0.0926. The van der Waals surface area contributed by atoms with Crippen LogP contribution in [0.15, 0.2) is 46.4 Å². The van der Waals surface area contributed by atoms with Crippen molar-refractivity contribution < 1.29 is 14.6 Å². The van der Waals surface area contributed by atoms with Crippen LogP contribution < -0.4 is 5.32 Å². The molecule has 1 aliphatic heterocycles. The zero-order chi connectivity index (χ0) is 28.8. The number of amidine groups is 1. The molecule has 0 bridgehead atoms. The maximum absolute atomic E-state index is 10.7. The third-order valence-corrected chi connectivity index (χ3v) is 7.50. The Hall–Kier alpha value is -2.54. The van der Waals surface area contributed by atoms with Crippen molar-refractivity contribution in [3.63, 3.8) is 0 Å². The summed E-state index contributed by atoms with van der Waals surface area (Å²) < 4.78 is 12.1. The Balaban J connectivity index is 1.54. The highest BCUT2D eigenvalue weighted by molar-refractivity contribution is 6.06. The van der Waals surface area contributed by atoms with Gasteiger partial charge in [0.2, 0.25) is 0 Å². The highest BCUT2D eigenvalue weighted by Gasteiger charge is 2.37. The van der Waals surface area contributed by atoms with Crippen molar-refractivity contribution in [2.75, 3.05) is 19.8 Å². The summed E-state index contributed by atoms with van der Waals surface area (Å²) in [6, 6.07) is 12.5. The van der Waals surface area contributed by atoms with Crippen LogP contribution >= 0.6 is 0 Å². The zero-order valence-corrected chi connectivity index (χ0v) is 25.5. The van der Waals surface area contributed by atoms with E-state index in [0.29, 0.717) is 12.4 Å². The molecular weight excluding hydrogens is 498 g/mol. The van der Waals surface area contributed by atoms with E-state index in [1.807, 2.05) is 19.1 Å². The molecule has 0 saturated heterocycles. The fourth-order valence-corrected chi connectivity index (χ4v) is 5.24. The van der Waals surface area contributed by atoms with E-state index in [9.17, 15) is 5.11 Å². The summed E-state index contributed by atoms with van der Waals surface area (Å²) in [4.78, 5) is 9.69. The summed E-state index contributed by atoms with van der Waals surface area (Å²) in [7, 11) is 0. The zero-order valence-electron chi connectivity index (χ0n) is 25.5. The molecule has 2 unspecified atom stereocenters. The minimum atomic E-state index is -1.28. The molecule has 0 saturated carbocycles. The lowest BCUT2D eigenvalue weighted by Crippen LogP contribution is -2.40. The van der Waals surface area contributed by atoms with Gasteiger partial charge < -0.3 is 19.9 Å². The predicted molar refractivity (Wildman–Crippen MR) is 166 cm³/mol. The summed E-state index contributed by atoms with van der Waals surface area (Å²) in [5, 5.41) is 13.9. The first kappa shape index (κ1) is 32.0. The van der Waals surface area contributed by atoms with Crippen LogP contribution in [0.4, 0.5) is 0 Å². The largest absolute Gasteiger partial charge is 0.388 e. The predicted octanol–water partition coefficient (Wildman–Crippen LogP) is 7.42. The van der Waals surface area contributed by atoms with Crippen LogP contribution in [0.5, 0.6) is 0 Å². The molecule has 2 N–H and O–H groups in total. The molecule has 40 heavy (non-hydrogen) atoms. The molecule has 2 aromatic carbocycles. The Morgan fingerprint density at radius 1 is 0.800 bits per heavy atom. The second-order valence-corrected chi connectivity index (χ2v) is 11.3. The minimum absolute atomic E-state index is 0.0619. The van der Waals surface area contributed by atoms with Crippen molar-refractivity contribution in [1.29, 1.82) is 0 Å². The average molecular weight is 550 g/mol. The number of nitrogens with zero attached hydrogens (tertiary/aromatic N) is 2. The molecular formula is C34H51N3O3. The molecule has 2 atom stereocenters. The number of hydrogen-bond donors (Lipinski definition) is 2. The van der Waals surface area contributed by atoms with Gasteiger partial charge in [0, 0.05) is 17.7 Å². The SMILES string of the molecule is CCCCCCCCCCCCOCC(O)COC1(c2ccc(C)cc2C)N=CNC(c2ccc(C)cc2C)=N1. The Bertz CT molecular complexity index is 1110. The number of aliphatic hydroxyl groups excluding tert-OH is 1. The van der Waals surface area contributed by atoms with Crippen LogP contribution in [0, 0.1) is 27.7 Å². The highest BCUT2D eigenvalue weighted by atomic mass is 16.5. The van der Waals surface area contributed by atoms with Gasteiger partial charge in [-0.2, -0.15) is 0 Å². The van der Waals surface area contributed by atoms with Crippen LogP contribution in [0.2, 0.25) is 0 Å². The van der Waals surface area contributed by atoms with Crippen LogP contribution in [0.25, 0.3) is 0 Å². The number of aliphatic imine (C=N–C) groups is 2. The average Bonchev–Trinajstić information content (AvgIpc) is 2.92. The molecule has 6 heteroatoms. The monoisotopic (exact) mass is 549 g/mol. The van der Waals surface area contributed by atoms with Gasteiger partial charge in [0.25, 0.3) is 5.85 Å². The molecule has 3 rings (SSSR count). The lowest BCUT2D eigenvalue weighted by atomic mass is 10.0. The van der Waals surface area contributed by atoms with E-state index < -0.39 is 12.0 Å². The summed E-state index contributed by atoms with van der Waals surface area (Å²) in [6.45, 7) is 11.5. The molecule has 0 aromatic heterocycles. The molecule has 0 radical (unpaired) electrons. The first-order valence-corrected chi connectivity index (χ1v) is 15.3. The number of benzene rings is 2. The van der Waals surface area contributed by atoms with Crippen molar-refractivity contribution in [1.82, 2.24) is 5.32 Å². The maximum atomic E-state index is 10.7. The standard InChI is InChI=1S/C34H51N3O3/c1-6-7-8-9-10-11-12-13-14-15-20-39-23-30(38)24-40-34(32-19-17-27(3)22-29(32)5)36-25-35-33(37-34)31-18-16-26(2)21-28(31)4/h16-19,21-22,25,30,38H,6-15,20,23-24H2,1-5H3,(H,35,36,37). The van der Waals surface area contributed by atoms with Gasteiger partial charge in [0.05, 0.1) is 19.6 Å². The number of rotatable bonds is 18. The number of unbranched alkanes of at least 4 members (excludes halogenated alkanes) is 9. The van der Waals surface area contributed by atoms with E-state index in [1.54, 1.807) is 6.34 Å². The minimum Gasteiger partial charge on any atom is -0.388 e. The van der Waals surface area contributed by atoms with E-state index in [0.717, 1.165) is 34.2 Å². The molecule has 220 valence electrons. The third kappa shape index (κ3) is 9.83. The summed E-state index contributed by atoms with van der Waals surface area (Å²) in [6.07, 6.45) is 13.8. The molecule has 0 spiro atoms. The Labute approximate surface area is 242 Å². The maximum Gasteiger partial charge on any atom is 0.288 e. The van der Waals surface area contributed by atoms with Gasteiger partial charge >= 0.3 is 0 Å². The van der Waals surface area contributed by atoms with Gasteiger partial charge in [-0.15, -0.1) is 0 Å². The summed E-state index contributed by atoms with van der Waals surface area (Å²) in [5.74, 6) is -0.591. The molecule has 0 fully saturated rings. The molecule has 0 amide bonds. The first-order chi connectivity index (χ1) is 19.3. The van der Waals surface area contributed by atoms with E-state index in [4.69, 9.17) is 14.5 Å². The van der Waals surface area contributed by atoms with Crippen molar-refractivity contribution in [2.24, 2.45) is 9.98 Å². The second-order valence-electron chi connectivity index (χ2n) is 11.3. The number of hydrogen-bond acceptors (Lipinski definition) is 6. The Morgan fingerprint density at radius 2 is 1.43 bits per heavy atom. The number of aliphatic hydroxyl groups is 1. The first-order valence-electron chi connectivity index (χ1n) is 15.3. The van der Waals surface area contributed by atoms with Crippen LogP contribution in [-0.4, -0.2) is 43.2 Å². The summed E-state index contributed by atoms with van der Waals surface area (Å²) in [5.41, 5.74) is 6.37. The molecule has 0 aliphatic carbocycles. The van der Waals surface area contributed by atoms with Gasteiger partial charge in [0.1, 0.15) is 11.9 Å². The van der Waals surface area contributed by atoms with Gasteiger partial charge in [0.15, 0.2) is 0 Å². The van der Waals surface area contributed by atoms with Crippen LogP contribution in [0.3, 0.4) is 0 Å². The fraction of sp³-hybridized carbons (Fsp3) is 0.588. The van der Waals surface area contributed by atoms with Crippen LogP contribution in [-0.2, 0) is 15.3 Å². The Kier molecular flexibility index (Phi) is 13.3. The lowest BCUT2D eigenvalue weighted by Gasteiger charge is -2.32. The number of nitrogens with one attached hydrogen (secondary N) is 1. The van der Waals surface area contributed by atoms with Gasteiger partial charge in [-0.05, 0) is 45.2 Å². The number of aryl methyl sites for hydroxylation is 4. The van der Waals surface area contributed by atoms with E-state index in [2.05, 4.69) is 62.3 Å². The normalized spacial score (nSPS) is 17.5. The quantitative estimate of drug-likeness (QED) is 0.190. The van der Waals surface area contributed by atoms with Gasteiger partial charge in [-0.1, -0.05) is 112 Å². The highest BCUT2D eigenvalue weighted by Crippen LogP contribution is 2.34. The Morgan fingerprint density at radius 3 is 2.08 bits per heavy atom. The van der Waals surface area contributed by atoms with Crippen molar-refractivity contribution in [3.8, 4) is 0 Å². The fourth-order valence-electron chi connectivity index (χ4n) is 5.24. The molecule has 6 nitrogen and oxygen atoms in total. The van der Waals surface area contributed by atoms with E-state index >= 15 is 0 Å². The smallest absolute Gasteiger partial charge is 0.288 e.